The first-order valence-electron chi connectivity index (χ1n) is 4.59. The third-order valence-electron chi connectivity index (χ3n) is 2.39. The van der Waals surface area contributed by atoms with Crippen LogP contribution in [-0.4, -0.2) is 24.1 Å². The van der Waals surface area contributed by atoms with E-state index in [0.717, 1.165) is 0 Å². The van der Waals surface area contributed by atoms with Crippen molar-refractivity contribution in [2.75, 3.05) is 19.3 Å². The first-order valence-corrected chi connectivity index (χ1v) is 5.81. The van der Waals surface area contributed by atoms with Gasteiger partial charge in [-0.2, -0.15) is 11.8 Å². The molecule has 0 radical (unpaired) electrons. The Labute approximate surface area is 74.3 Å². The van der Waals surface area contributed by atoms with Gasteiger partial charge < -0.3 is 5.32 Å². The summed E-state index contributed by atoms with van der Waals surface area (Å²) < 4.78 is 0.647. The van der Waals surface area contributed by atoms with Crippen molar-refractivity contribution in [2.24, 2.45) is 0 Å². The molecular formula is C9H19NS. The van der Waals surface area contributed by atoms with E-state index in [2.05, 4.69) is 18.5 Å². The Kier molecular flexibility index (Phi) is 3.73. The quantitative estimate of drug-likeness (QED) is 0.618. The van der Waals surface area contributed by atoms with E-state index < -0.39 is 0 Å². The fourth-order valence-electron chi connectivity index (χ4n) is 1.21. The normalized spacial score (nSPS) is 20.2. The Balaban J connectivity index is 1.94. The van der Waals surface area contributed by atoms with Crippen LogP contribution >= 0.6 is 11.8 Å². The molecular weight excluding hydrogens is 154 g/mol. The van der Waals surface area contributed by atoms with Crippen LogP contribution in [0.4, 0.5) is 0 Å². The first-order chi connectivity index (χ1) is 5.33. The van der Waals surface area contributed by atoms with Crippen LogP contribution < -0.4 is 5.32 Å². The summed E-state index contributed by atoms with van der Waals surface area (Å²) in [5.41, 5.74) is 0. The van der Waals surface area contributed by atoms with Crippen molar-refractivity contribution in [1.29, 1.82) is 0 Å². The van der Waals surface area contributed by atoms with Crippen LogP contribution in [0.2, 0.25) is 0 Å². The Morgan fingerprint density at radius 3 is 2.64 bits per heavy atom. The number of rotatable bonds is 6. The molecule has 0 bridgehead atoms. The fourth-order valence-corrected chi connectivity index (χ4v) is 1.97. The molecule has 0 aromatic heterocycles. The van der Waals surface area contributed by atoms with E-state index >= 15 is 0 Å². The highest BCUT2D eigenvalue weighted by molar-refractivity contribution is 8.00. The van der Waals surface area contributed by atoms with Crippen molar-refractivity contribution in [3.8, 4) is 0 Å². The van der Waals surface area contributed by atoms with Crippen molar-refractivity contribution in [1.82, 2.24) is 5.32 Å². The average molecular weight is 173 g/mol. The van der Waals surface area contributed by atoms with Crippen LogP contribution in [0.5, 0.6) is 0 Å². The van der Waals surface area contributed by atoms with Gasteiger partial charge in [0.2, 0.25) is 0 Å². The molecule has 1 N–H and O–H groups in total. The van der Waals surface area contributed by atoms with Gasteiger partial charge in [-0.3, -0.25) is 0 Å². The van der Waals surface area contributed by atoms with E-state index in [1.165, 1.54) is 38.8 Å². The standard InChI is InChI=1S/C9H19NS/c1-3-4-7-10-8-9(11-2)5-6-9/h10H,3-8H2,1-2H3. The van der Waals surface area contributed by atoms with E-state index in [1.54, 1.807) is 0 Å². The van der Waals surface area contributed by atoms with Gasteiger partial charge in [0.1, 0.15) is 0 Å². The molecule has 0 spiro atoms. The lowest BCUT2D eigenvalue weighted by atomic mass is 10.3. The van der Waals surface area contributed by atoms with Crippen molar-refractivity contribution < 1.29 is 0 Å². The van der Waals surface area contributed by atoms with Gasteiger partial charge >= 0.3 is 0 Å². The van der Waals surface area contributed by atoms with E-state index in [4.69, 9.17) is 0 Å². The van der Waals surface area contributed by atoms with Gasteiger partial charge in [0.15, 0.2) is 0 Å². The zero-order chi connectivity index (χ0) is 8.16. The highest BCUT2D eigenvalue weighted by Gasteiger charge is 2.40. The summed E-state index contributed by atoms with van der Waals surface area (Å²) in [7, 11) is 0. The van der Waals surface area contributed by atoms with Gasteiger partial charge in [0, 0.05) is 11.3 Å². The largest absolute Gasteiger partial charge is 0.315 e. The zero-order valence-corrected chi connectivity index (χ0v) is 8.47. The summed E-state index contributed by atoms with van der Waals surface area (Å²) in [4.78, 5) is 0. The SMILES string of the molecule is CCCCNCC1(SC)CC1. The number of hydrogen-bond donors (Lipinski definition) is 1. The molecule has 2 heteroatoms. The summed E-state index contributed by atoms with van der Waals surface area (Å²) in [6.45, 7) is 4.68. The van der Waals surface area contributed by atoms with E-state index in [1.807, 2.05) is 11.8 Å². The number of unbranched alkanes of at least 4 members (excludes halogenated alkanes) is 1. The number of hydrogen-bond acceptors (Lipinski definition) is 2. The van der Waals surface area contributed by atoms with E-state index in [9.17, 15) is 0 Å². The Morgan fingerprint density at radius 2 is 2.18 bits per heavy atom. The smallest absolute Gasteiger partial charge is 0.0282 e. The second-order valence-electron chi connectivity index (χ2n) is 3.42. The average Bonchev–Trinajstić information content (AvgIpc) is 2.80. The van der Waals surface area contributed by atoms with Gasteiger partial charge in [0.25, 0.3) is 0 Å². The molecule has 1 aliphatic carbocycles. The first kappa shape index (κ1) is 9.40. The van der Waals surface area contributed by atoms with Gasteiger partial charge in [-0.15, -0.1) is 0 Å². The minimum Gasteiger partial charge on any atom is -0.315 e. The van der Waals surface area contributed by atoms with Crippen molar-refractivity contribution in [3.05, 3.63) is 0 Å². The highest BCUT2D eigenvalue weighted by atomic mass is 32.2. The Morgan fingerprint density at radius 1 is 1.45 bits per heavy atom. The molecule has 1 nitrogen and oxygen atoms in total. The molecule has 0 saturated heterocycles. The van der Waals surface area contributed by atoms with Crippen LogP contribution in [0.25, 0.3) is 0 Å². The number of thioether (sulfide) groups is 1. The lowest BCUT2D eigenvalue weighted by Crippen LogP contribution is -2.26. The van der Waals surface area contributed by atoms with E-state index in [0.29, 0.717) is 4.75 Å². The Bertz CT molecular complexity index is 110. The van der Waals surface area contributed by atoms with Crippen LogP contribution in [0, 0.1) is 0 Å². The maximum absolute atomic E-state index is 3.52. The third kappa shape index (κ3) is 3.04. The predicted molar refractivity (Wildman–Crippen MR) is 53.3 cm³/mol. The zero-order valence-electron chi connectivity index (χ0n) is 7.65. The topological polar surface area (TPSA) is 12.0 Å². The van der Waals surface area contributed by atoms with Gasteiger partial charge in [-0.25, -0.2) is 0 Å². The summed E-state index contributed by atoms with van der Waals surface area (Å²) in [5, 5.41) is 3.52. The molecule has 66 valence electrons. The summed E-state index contributed by atoms with van der Waals surface area (Å²) >= 11 is 2.03. The molecule has 1 fully saturated rings. The van der Waals surface area contributed by atoms with Gasteiger partial charge in [0.05, 0.1) is 0 Å². The molecule has 0 amide bonds. The molecule has 1 rings (SSSR count). The molecule has 0 aliphatic heterocycles. The summed E-state index contributed by atoms with van der Waals surface area (Å²) in [6.07, 6.45) is 7.71. The minimum absolute atomic E-state index is 0.647. The molecule has 0 aromatic rings. The van der Waals surface area contributed by atoms with Crippen LogP contribution in [0.15, 0.2) is 0 Å². The van der Waals surface area contributed by atoms with Gasteiger partial charge in [-0.05, 0) is 32.1 Å². The van der Waals surface area contributed by atoms with Crippen molar-refractivity contribution in [3.63, 3.8) is 0 Å². The molecule has 0 aromatic carbocycles. The third-order valence-corrected chi connectivity index (χ3v) is 3.81. The minimum atomic E-state index is 0.647. The monoisotopic (exact) mass is 173 g/mol. The predicted octanol–water partition coefficient (Wildman–Crippen LogP) is 2.27. The highest BCUT2D eigenvalue weighted by Crippen LogP contribution is 2.46. The molecule has 1 saturated carbocycles. The van der Waals surface area contributed by atoms with Gasteiger partial charge in [-0.1, -0.05) is 13.3 Å². The molecule has 0 unspecified atom stereocenters. The fraction of sp³-hybridized carbons (Fsp3) is 1.00. The molecule has 11 heavy (non-hydrogen) atoms. The van der Waals surface area contributed by atoms with Crippen LogP contribution in [0.3, 0.4) is 0 Å². The maximum atomic E-state index is 3.52. The molecule has 0 atom stereocenters. The maximum Gasteiger partial charge on any atom is 0.0282 e. The van der Waals surface area contributed by atoms with Crippen LogP contribution in [0.1, 0.15) is 32.6 Å². The summed E-state index contributed by atoms with van der Waals surface area (Å²) in [6, 6.07) is 0. The van der Waals surface area contributed by atoms with E-state index in [-0.39, 0.29) is 0 Å². The Hall–Kier alpha value is 0.310. The second kappa shape index (κ2) is 4.36. The molecule has 1 aliphatic rings. The summed E-state index contributed by atoms with van der Waals surface area (Å²) in [5.74, 6) is 0. The van der Waals surface area contributed by atoms with Crippen molar-refractivity contribution >= 4 is 11.8 Å². The van der Waals surface area contributed by atoms with Crippen molar-refractivity contribution in [2.45, 2.75) is 37.4 Å². The second-order valence-corrected chi connectivity index (χ2v) is 4.69. The lowest BCUT2D eigenvalue weighted by Gasteiger charge is -2.12. The van der Waals surface area contributed by atoms with Crippen LogP contribution in [-0.2, 0) is 0 Å². The lowest BCUT2D eigenvalue weighted by molar-refractivity contribution is 0.625. The number of nitrogens with one attached hydrogen (secondary N) is 1. The molecule has 0 heterocycles.